The van der Waals surface area contributed by atoms with E-state index < -0.39 is 5.60 Å². The molecule has 0 radical (unpaired) electrons. The molecule has 1 aliphatic rings. The van der Waals surface area contributed by atoms with Gasteiger partial charge in [0, 0.05) is 12.1 Å². The fourth-order valence-electron chi connectivity index (χ4n) is 2.66. The lowest BCUT2D eigenvalue weighted by Gasteiger charge is -2.34. The first kappa shape index (κ1) is 22.7. The highest BCUT2D eigenvalue weighted by Crippen LogP contribution is 2.32. The lowest BCUT2D eigenvalue weighted by Crippen LogP contribution is -2.49. The predicted octanol–water partition coefficient (Wildman–Crippen LogP) is 2.31. The summed E-state index contributed by atoms with van der Waals surface area (Å²) in [4.78, 5) is 13.8. The maximum atomic E-state index is 9.73. The van der Waals surface area contributed by atoms with E-state index in [1.807, 2.05) is 25.8 Å². The van der Waals surface area contributed by atoms with Crippen LogP contribution in [0.2, 0.25) is 0 Å². The Morgan fingerprint density at radius 2 is 1.65 bits per heavy atom. The lowest BCUT2D eigenvalue weighted by molar-refractivity contribution is -0.361. The molecule has 1 aliphatic carbocycles. The van der Waals surface area contributed by atoms with Crippen LogP contribution < -0.4 is 11.5 Å². The van der Waals surface area contributed by atoms with Gasteiger partial charge in [0.05, 0.1) is 18.8 Å². The number of rotatable bonds is 6. The summed E-state index contributed by atoms with van der Waals surface area (Å²) < 4.78 is 0. The third-order valence-corrected chi connectivity index (χ3v) is 4.22. The first-order chi connectivity index (χ1) is 10.6. The average molecular weight is 335 g/mol. The van der Waals surface area contributed by atoms with E-state index >= 15 is 0 Å². The predicted molar refractivity (Wildman–Crippen MR) is 90.7 cm³/mol. The maximum Gasteiger partial charge on any atom is 0.0787 e. The minimum absolute atomic E-state index is 0.0350. The molecule has 1 rings (SSSR count). The summed E-state index contributed by atoms with van der Waals surface area (Å²) in [6.07, 6.45) is 4.20. The molecule has 4 N–H and O–H groups in total. The van der Waals surface area contributed by atoms with Crippen LogP contribution in [0.1, 0.15) is 67.2 Å². The molecule has 0 spiro atoms. The largest absolute Gasteiger partial charge is 0.390 e. The molecule has 0 heterocycles. The standard InChI is InChI=1S/C9H19NO2.C7H18N2O2/c1-9(2,11)7-3-5-8(12-10)6-4-7;1-6-9(7(2,3)4)8-11-10-5/h7-8,11H,3-6,10H2,1-2H3;8H,6H2,1-5H3. The van der Waals surface area contributed by atoms with E-state index in [4.69, 9.17) is 10.7 Å². The van der Waals surface area contributed by atoms with Crippen molar-refractivity contribution in [3.8, 4) is 0 Å². The molecule has 0 aromatic heterocycles. The van der Waals surface area contributed by atoms with Crippen molar-refractivity contribution in [1.29, 1.82) is 0 Å². The van der Waals surface area contributed by atoms with Gasteiger partial charge in [-0.05, 0) is 66.2 Å². The van der Waals surface area contributed by atoms with E-state index in [-0.39, 0.29) is 11.6 Å². The Morgan fingerprint density at radius 3 is 1.96 bits per heavy atom. The zero-order valence-corrected chi connectivity index (χ0v) is 15.9. The van der Waals surface area contributed by atoms with Gasteiger partial charge >= 0.3 is 0 Å². The number of nitrogens with one attached hydrogen (secondary N) is 1. The topological polar surface area (TPSA) is 89.2 Å². The highest BCUT2D eigenvalue weighted by Gasteiger charge is 2.31. The summed E-state index contributed by atoms with van der Waals surface area (Å²) in [7, 11) is 1.46. The molecule has 7 heteroatoms. The fraction of sp³-hybridized carbons (Fsp3) is 1.00. The summed E-state index contributed by atoms with van der Waals surface area (Å²) in [6, 6.07) is 0. The van der Waals surface area contributed by atoms with Gasteiger partial charge in [-0.3, -0.25) is 0 Å². The van der Waals surface area contributed by atoms with Gasteiger partial charge in [-0.25, -0.2) is 15.8 Å². The quantitative estimate of drug-likeness (QED) is 0.507. The highest BCUT2D eigenvalue weighted by atomic mass is 17.3. The van der Waals surface area contributed by atoms with Crippen LogP contribution >= 0.6 is 0 Å². The van der Waals surface area contributed by atoms with Gasteiger partial charge < -0.3 is 9.94 Å². The molecule has 0 saturated heterocycles. The first-order valence-corrected chi connectivity index (χ1v) is 8.37. The van der Waals surface area contributed by atoms with Crippen molar-refractivity contribution in [2.24, 2.45) is 11.8 Å². The van der Waals surface area contributed by atoms with E-state index in [2.05, 4.69) is 36.2 Å². The molecule has 0 unspecified atom stereocenters. The van der Waals surface area contributed by atoms with Gasteiger partial charge in [0.15, 0.2) is 0 Å². The molecule has 23 heavy (non-hydrogen) atoms. The van der Waals surface area contributed by atoms with Crippen LogP contribution in [-0.2, 0) is 14.7 Å². The van der Waals surface area contributed by atoms with Crippen LogP contribution in [0.3, 0.4) is 0 Å². The molecule has 140 valence electrons. The zero-order chi connectivity index (χ0) is 18.1. The summed E-state index contributed by atoms with van der Waals surface area (Å²) in [6.45, 7) is 12.9. The minimum atomic E-state index is -0.542. The smallest absolute Gasteiger partial charge is 0.0787 e. The van der Waals surface area contributed by atoms with E-state index in [9.17, 15) is 5.11 Å². The number of aliphatic hydroxyl groups is 1. The molecule has 0 aromatic rings. The van der Waals surface area contributed by atoms with Gasteiger partial charge in [-0.15, -0.1) is 10.6 Å². The number of nitrogens with zero attached hydrogens (tertiary/aromatic N) is 1. The van der Waals surface area contributed by atoms with Crippen molar-refractivity contribution in [3.05, 3.63) is 0 Å². The normalized spacial score (nSPS) is 22.7. The Balaban J connectivity index is 0.000000423. The number of hydrazine groups is 1. The molecule has 0 aromatic carbocycles. The van der Waals surface area contributed by atoms with Gasteiger partial charge in [0.1, 0.15) is 0 Å². The maximum absolute atomic E-state index is 9.73. The summed E-state index contributed by atoms with van der Waals surface area (Å²) >= 11 is 0. The summed E-state index contributed by atoms with van der Waals surface area (Å²) in [5.41, 5.74) is 2.16. The van der Waals surface area contributed by atoms with E-state index in [1.165, 1.54) is 7.11 Å². The van der Waals surface area contributed by atoms with Gasteiger partial charge in [-0.2, -0.15) is 0 Å². The molecular formula is C16H37N3O4. The van der Waals surface area contributed by atoms with Crippen LogP contribution in [0.5, 0.6) is 0 Å². The summed E-state index contributed by atoms with van der Waals surface area (Å²) in [5, 5.41) is 11.7. The van der Waals surface area contributed by atoms with E-state index in [1.54, 1.807) is 0 Å². The zero-order valence-electron chi connectivity index (χ0n) is 15.9. The molecule has 7 nitrogen and oxygen atoms in total. The van der Waals surface area contributed by atoms with Crippen molar-refractivity contribution in [2.45, 2.75) is 84.5 Å². The van der Waals surface area contributed by atoms with Gasteiger partial charge in [0.2, 0.25) is 0 Å². The van der Waals surface area contributed by atoms with Crippen molar-refractivity contribution in [3.63, 3.8) is 0 Å². The van der Waals surface area contributed by atoms with Crippen LogP contribution in [0.25, 0.3) is 0 Å². The molecule has 0 atom stereocenters. The lowest BCUT2D eigenvalue weighted by atomic mass is 9.78. The SMILES string of the molecule is CC(C)(O)C1CCC(ON)CC1.CCN(NOOC)C(C)(C)C. The second-order valence-electron chi connectivity index (χ2n) is 7.52. The van der Waals surface area contributed by atoms with Gasteiger partial charge in [-0.1, -0.05) is 6.92 Å². The summed E-state index contributed by atoms with van der Waals surface area (Å²) in [5.74, 6) is 5.50. The monoisotopic (exact) mass is 335 g/mol. The number of hydrogen-bond acceptors (Lipinski definition) is 7. The minimum Gasteiger partial charge on any atom is -0.390 e. The van der Waals surface area contributed by atoms with Crippen molar-refractivity contribution < 1.29 is 19.8 Å². The van der Waals surface area contributed by atoms with E-state index in [0.717, 1.165) is 32.2 Å². The average Bonchev–Trinajstić information content (AvgIpc) is 2.46. The number of nitrogens with two attached hydrogens (primary N) is 1. The van der Waals surface area contributed by atoms with Crippen LogP contribution in [0.4, 0.5) is 0 Å². The van der Waals surface area contributed by atoms with Crippen LogP contribution in [-0.4, -0.2) is 41.0 Å². The van der Waals surface area contributed by atoms with Crippen LogP contribution in [0, 0.1) is 5.92 Å². The molecule has 0 aliphatic heterocycles. The third kappa shape index (κ3) is 9.56. The van der Waals surface area contributed by atoms with Crippen molar-refractivity contribution in [1.82, 2.24) is 10.6 Å². The van der Waals surface area contributed by atoms with Crippen LogP contribution in [0.15, 0.2) is 0 Å². The fourth-order valence-corrected chi connectivity index (χ4v) is 2.66. The number of hydrogen-bond donors (Lipinski definition) is 3. The van der Waals surface area contributed by atoms with Crippen molar-refractivity contribution >= 4 is 0 Å². The van der Waals surface area contributed by atoms with Crippen molar-refractivity contribution in [2.75, 3.05) is 13.7 Å². The molecule has 0 amide bonds. The molecule has 0 bridgehead atoms. The van der Waals surface area contributed by atoms with E-state index in [0.29, 0.717) is 5.92 Å². The highest BCUT2D eigenvalue weighted by molar-refractivity contribution is 4.82. The van der Waals surface area contributed by atoms with Gasteiger partial charge in [0.25, 0.3) is 0 Å². The Bertz CT molecular complexity index is 295. The Hall–Kier alpha value is -0.280. The second-order valence-corrected chi connectivity index (χ2v) is 7.52. The molecular weight excluding hydrogens is 298 g/mol. The molecule has 1 fully saturated rings. The Labute approximate surface area is 141 Å². The first-order valence-electron chi connectivity index (χ1n) is 8.37. The Kier molecular flexibility index (Phi) is 10.4. The molecule has 1 saturated carbocycles. The second kappa shape index (κ2) is 10.6. The Morgan fingerprint density at radius 1 is 1.13 bits per heavy atom. The third-order valence-electron chi connectivity index (χ3n) is 4.22.